The van der Waals surface area contributed by atoms with E-state index in [1.54, 1.807) is 44.9 Å². The number of nitrogens with zero attached hydrogens (tertiary/aromatic N) is 5. The van der Waals surface area contributed by atoms with Gasteiger partial charge in [-0.15, -0.1) is 0 Å². The largest absolute Gasteiger partial charge is 0.480 e. The zero-order valence-corrected chi connectivity index (χ0v) is 20.7. The van der Waals surface area contributed by atoms with Crippen LogP contribution in [0, 0.1) is 12.3 Å². The van der Waals surface area contributed by atoms with E-state index in [-0.39, 0.29) is 12.6 Å². The number of allylic oxidation sites excluding steroid dienone is 1. The maximum absolute atomic E-state index is 9.37. The van der Waals surface area contributed by atoms with Crippen molar-refractivity contribution >= 4 is 17.7 Å². The molecule has 1 aliphatic heterocycles. The molecule has 0 amide bonds. The molecule has 0 radical (unpaired) electrons. The summed E-state index contributed by atoms with van der Waals surface area (Å²) >= 11 is 0. The van der Waals surface area contributed by atoms with Crippen molar-refractivity contribution in [3.8, 4) is 28.6 Å². The van der Waals surface area contributed by atoms with Gasteiger partial charge in [0, 0.05) is 62.7 Å². The highest BCUT2D eigenvalue weighted by atomic mass is 16.5. The van der Waals surface area contributed by atoms with Crippen molar-refractivity contribution in [2.24, 2.45) is 0 Å². The Balaban J connectivity index is 1.57. The smallest absolute Gasteiger partial charge is 0.228 e. The summed E-state index contributed by atoms with van der Waals surface area (Å²) in [4.78, 5) is 20.4. The summed E-state index contributed by atoms with van der Waals surface area (Å²) in [5.41, 5.74) is 3.32. The van der Waals surface area contributed by atoms with E-state index in [1.165, 1.54) is 6.21 Å². The quantitative estimate of drug-likeness (QED) is 0.366. The molecular formula is C26H31N7O3. The summed E-state index contributed by atoms with van der Waals surface area (Å²) in [6, 6.07) is 7.47. The minimum atomic E-state index is 0.144. The number of ether oxygens (including phenoxy) is 2. The van der Waals surface area contributed by atoms with Gasteiger partial charge in [-0.1, -0.05) is 0 Å². The number of pyridine rings is 2. The molecule has 4 heterocycles. The minimum Gasteiger partial charge on any atom is -0.480 e. The molecule has 1 aliphatic rings. The van der Waals surface area contributed by atoms with E-state index < -0.39 is 0 Å². The number of aromatic nitrogens is 4. The molecule has 10 heteroatoms. The first-order valence-electron chi connectivity index (χ1n) is 11.9. The van der Waals surface area contributed by atoms with Gasteiger partial charge in [0.15, 0.2) is 0 Å². The van der Waals surface area contributed by atoms with Gasteiger partial charge in [-0.3, -0.25) is 4.98 Å². The summed E-state index contributed by atoms with van der Waals surface area (Å²) in [6.07, 6.45) is 9.09. The third kappa shape index (κ3) is 5.44. The summed E-state index contributed by atoms with van der Waals surface area (Å²) in [5, 5.41) is 19.9. The van der Waals surface area contributed by atoms with Crippen LogP contribution in [0.4, 0.5) is 5.95 Å². The van der Waals surface area contributed by atoms with Crippen molar-refractivity contribution in [1.29, 1.82) is 5.41 Å². The van der Waals surface area contributed by atoms with Gasteiger partial charge in [0.1, 0.15) is 11.5 Å². The molecule has 3 aromatic rings. The van der Waals surface area contributed by atoms with E-state index >= 15 is 0 Å². The molecule has 0 aromatic carbocycles. The number of methoxy groups -OCH3 is 1. The number of anilines is 1. The molecule has 1 fully saturated rings. The number of hydrogen-bond donors (Lipinski definition) is 3. The average molecular weight is 490 g/mol. The predicted molar refractivity (Wildman–Crippen MR) is 139 cm³/mol. The Morgan fingerprint density at radius 1 is 1.28 bits per heavy atom. The van der Waals surface area contributed by atoms with Crippen LogP contribution in [-0.2, 0) is 0 Å². The van der Waals surface area contributed by atoms with E-state index in [9.17, 15) is 5.11 Å². The van der Waals surface area contributed by atoms with Crippen molar-refractivity contribution in [1.82, 2.24) is 25.3 Å². The summed E-state index contributed by atoms with van der Waals surface area (Å²) in [5.74, 6) is 2.25. The Morgan fingerprint density at radius 3 is 2.86 bits per heavy atom. The highest BCUT2D eigenvalue weighted by Crippen LogP contribution is 2.33. The molecule has 10 nitrogen and oxygen atoms in total. The normalized spacial score (nSPS) is 15.6. The summed E-state index contributed by atoms with van der Waals surface area (Å²) in [6.45, 7) is 2.88. The number of aryl methyl sites for hydroxylation is 1. The van der Waals surface area contributed by atoms with Gasteiger partial charge in [0.2, 0.25) is 11.8 Å². The van der Waals surface area contributed by atoms with Crippen molar-refractivity contribution in [3.05, 3.63) is 54.2 Å². The second-order valence-electron chi connectivity index (χ2n) is 8.39. The number of rotatable bonds is 10. The molecule has 0 spiro atoms. The lowest BCUT2D eigenvalue weighted by molar-refractivity contribution is 0.275. The van der Waals surface area contributed by atoms with Crippen LogP contribution in [-0.4, -0.2) is 64.6 Å². The van der Waals surface area contributed by atoms with Crippen molar-refractivity contribution < 1.29 is 14.6 Å². The van der Waals surface area contributed by atoms with Crippen LogP contribution in [0.1, 0.15) is 30.7 Å². The van der Waals surface area contributed by atoms with Crippen LogP contribution in [0.3, 0.4) is 0 Å². The topological polar surface area (TPSA) is 129 Å². The van der Waals surface area contributed by atoms with E-state index in [0.29, 0.717) is 58.0 Å². The Hall–Kier alpha value is -4.05. The molecule has 3 N–H and O–H groups in total. The maximum atomic E-state index is 9.37. The third-order valence-corrected chi connectivity index (χ3v) is 6.05. The zero-order valence-electron chi connectivity index (χ0n) is 20.7. The standard InChI is InChI=1S/C26H31N7O3/c1-17-24(36-20-8-10-29-23(13-20)18(14-27)15-28-2)7-6-22(31-17)21-16-30-26(32-25(21)35-3)33-11-4-5-19(33)9-12-34/h6-8,10,13-16,19,27-28,34H,4-5,9,11-12H2,1-3H3/b18-15+,27-14?/t19-/m0/s1. The molecular weight excluding hydrogens is 458 g/mol. The van der Waals surface area contributed by atoms with Gasteiger partial charge in [0.25, 0.3) is 0 Å². The molecule has 4 rings (SSSR count). The van der Waals surface area contributed by atoms with Crippen molar-refractivity contribution in [3.63, 3.8) is 0 Å². The fraction of sp³-hybridized carbons (Fsp3) is 0.346. The fourth-order valence-corrected chi connectivity index (χ4v) is 4.29. The van der Waals surface area contributed by atoms with Crippen LogP contribution < -0.4 is 19.7 Å². The SMILES string of the molecule is CN/C=C(\C=N)c1cc(Oc2ccc(-c3cnc(N4CCC[C@H]4CCO)nc3OC)nc2C)ccn1. The van der Waals surface area contributed by atoms with Crippen LogP contribution >= 0.6 is 0 Å². The van der Waals surface area contributed by atoms with Gasteiger partial charge in [-0.25, -0.2) is 9.97 Å². The van der Waals surface area contributed by atoms with Gasteiger partial charge in [-0.05, 0) is 44.4 Å². The lowest BCUT2D eigenvalue weighted by atomic mass is 10.1. The first-order chi connectivity index (χ1) is 17.6. The number of aliphatic hydroxyl groups is 1. The second kappa shape index (κ2) is 11.6. The number of nitrogens with one attached hydrogen (secondary N) is 2. The Morgan fingerprint density at radius 2 is 2.14 bits per heavy atom. The lowest BCUT2D eigenvalue weighted by Crippen LogP contribution is -2.31. The van der Waals surface area contributed by atoms with Crippen LogP contribution in [0.5, 0.6) is 17.4 Å². The monoisotopic (exact) mass is 489 g/mol. The Bertz CT molecular complexity index is 1250. The van der Waals surface area contributed by atoms with Gasteiger partial charge in [0.05, 0.1) is 29.8 Å². The summed E-state index contributed by atoms with van der Waals surface area (Å²) in [7, 11) is 3.36. The highest BCUT2D eigenvalue weighted by molar-refractivity contribution is 6.07. The molecule has 36 heavy (non-hydrogen) atoms. The lowest BCUT2D eigenvalue weighted by Gasteiger charge is -2.24. The molecule has 0 saturated carbocycles. The van der Waals surface area contributed by atoms with Crippen LogP contribution in [0.2, 0.25) is 0 Å². The molecule has 1 atom stereocenters. The fourth-order valence-electron chi connectivity index (χ4n) is 4.29. The van der Waals surface area contributed by atoms with E-state index in [0.717, 1.165) is 19.4 Å². The van der Waals surface area contributed by atoms with Crippen LogP contribution in [0.15, 0.2) is 42.9 Å². The molecule has 0 aliphatic carbocycles. The minimum absolute atomic E-state index is 0.144. The molecule has 0 unspecified atom stereocenters. The van der Waals surface area contributed by atoms with Crippen molar-refractivity contribution in [2.75, 3.05) is 32.2 Å². The second-order valence-corrected chi connectivity index (χ2v) is 8.39. The van der Waals surface area contributed by atoms with Gasteiger partial charge in [-0.2, -0.15) is 4.98 Å². The first-order valence-corrected chi connectivity index (χ1v) is 11.9. The van der Waals surface area contributed by atoms with Crippen LogP contribution in [0.25, 0.3) is 16.8 Å². The summed E-state index contributed by atoms with van der Waals surface area (Å²) < 4.78 is 11.7. The van der Waals surface area contributed by atoms with E-state index in [2.05, 4.69) is 25.2 Å². The number of aliphatic hydroxyl groups excluding tert-OH is 1. The molecule has 188 valence electrons. The van der Waals surface area contributed by atoms with E-state index in [1.807, 2.05) is 19.1 Å². The molecule has 1 saturated heterocycles. The number of hydrogen-bond acceptors (Lipinski definition) is 10. The third-order valence-electron chi connectivity index (χ3n) is 6.05. The zero-order chi connectivity index (χ0) is 25.5. The van der Waals surface area contributed by atoms with Gasteiger partial charge >= 0.3 is 0 Å². The average Bonchev–Trinajstić information content (AvgIpc) is 3.37. The highest BCUT2D eigenvalue weighted by Gasteiger charge is 2.27. The van der Waals surface area contributed by atoms with Crippen molar-refractivity contribution in [2.45, 2.75) is 32.2 Å². The Labute approximate surface area is 210 Å². The van der Waals surface area contributed by atoms with Gasteiger partial charge < -0.3 is 30.2 Å². The first kappa shape index (κ1) is 25.1. The molecule has 3 aromatic heterocycles. The molecule has 0 bridgehead atoms. The Kier molecular flexibility index (Phi) is 8.06. The maximum Gasteiger partial charge on any atom is 0.228 e. The predicted octanol–water partition coefficient (Wildman–Crippen LogP) is 3.60. The van der Waals surface area contributed by atoms with E-state index in [4.69, 9.17) is 19.9 Å².